The Morgan fingerprint density at radius 2 is 1.15 bits per heavy atom. The normalized spacial score (nSPS) is 11.2. The zero-order chi connectivity index (χ0) is 23.1. The van der Waals surface area contributed by atoms with Crippen molar-refractivity contribution in [3.63, 3.8) is 0 Å². The number of hydrogen-bond donors (Lipinski definition) is 0. The van der Waals surface area contributed by atoms with Gasteiger partial charge in [0, 0.05) is 37.5 Å². The van der Waals surface area contributed by atoms with E-state index in [0.717, 1.165) is 55.4 Å². The summed E-state index contributed by atoms with van der Waals surface area (Å²) in [5, 5.41) is 3.31. The zero-order valence-electron chi connectivity index (χ0n) is 18.0. The van der Waals surface area contributed by atoms with Crippen LogP contribution in [0.5, 0.6) is 0 Å². The average Bonchev–Trinajstić information content (AvgIpc) is 2.88. The molecular formula is C30H18Cl2N2. The molecule has 0 N–H and O–H groups in total. The molecule has 0 unspecified atom stereocenters. The molecule has 4 aromatic carbocycles. The fourth-order valence-electron chi connectivity index (χ4n) is 4.35. The molecule has 0 saturated heterocycles. The number of aromatic nitrogens is 2. The number of hydrogen-bond acceptors (Lipinski definition) is 2. The van der Waals surface area contributed by atoms with E-state index in [1.807, 2.05) is 72.8 Å². The van der Waals surface area contributed by atoms with Gasteiger partial charge in [-0.15, -0.1) is 0 Å². The Morgan fingerprint density at radius 1 is 0.500 bits per heavy atom. The highest BCUT2D eigenvalue weighted by molar-refractivity contribution is 6.32. The number of rotatable bonds is 3. The van der Waals surface area contributed by atoms with Crippen molar-refractivity contribution in [2.75, 3.05) is 0 Å². The predicted octanol–water partition coefficient (Wildman–Crippen LogP) is 9.09. The molecule has 0 amide bonds. The van der Waals surface area contributed by atoms with E-state index in [-0.39, 0.29) is 0 Å². The first-order valence-electron chi connectivity index (χ1n) is 11.0. The topological polar surface area (TPSA) is 25.8 Å². The molecule has 0 aliphatic heterocycles. The molecule has 2 heterocycles. The van der Waals surface area contributed by atoms with E-state index in [1.165, 1.54) is 0 Å². The van der Waals surface area contributed by atoms with Crippen LogP contribution < -0.4 is 0 Å². The van der Waals surface area contributed by atoms with E-state index in [1.54, 1.807) is 0 Å². The van der Waals surface area contributed by atoms with Crippen LogP contribution in [0.1, 0.15) is 0 Å². The third-order valence-corrected chi connectivity index (χ3v) is 6.42. The number of benzene rings is 4. The van der Waals surface area contributed by atoms with Gasteiger partial charge in [0.25, 0.3) is 0 Å². The van der Waals surface area contributed by atoms with Crippen molar-refractivity contribution in [2.24, 2.45) is 0 Å². The fraction of sp³-hybridized carbons (Fsp3) is 0. The van der Waals surface area contributed by atoms with Crippen molar-refractivity contribution in [3.8, 4) is 33.6 Å². The van der Waals surface area contributed by atoms with E-state index < -0.39 is 0 Å². The van der Waals surface area contributed by atoms with Gasteiger partial charge in [-0.3, -0.25) is 0 Å². The first-order valence-corrected chi connectivity index (χ1v) is 11.7. The van der Waals surface area contributed by atoms with Crippen molar-refractivity contribution in [1.29, 1.82) is 0 Å². The van der Waals surface area contributed by atoms with Gasteiger partial charge in [-0.25, -0.2) is 9.97 Å². The molecule has 162 valence electrons. The minimum absolute atomic E-state index is 0.668. The third-order valence-electron chi connectivity index (χ3n) is 5.95. The Bertz CT molecular complexity index is 1660. The number of nitrogens with zero attached hydrogens (tertiary/aromatic N) is 2. The molecule has 6 aromatic rings. The van der Waals surface area contributed by atoms with Crippen molar-refractivity contribution >= 4 is 45.0 Å². The molecule has 2 nitrogen and oxygen atoms in total. The molecule has 0 aliphatic rings. The summed E-state index contributed by atoms with van der Waals surface area (Å²) in [6.45, 7) is 0. The second-order valence-electron chi connectivity index (χ2n) is 8.17. The molecule has 0 aliphatic carbocycles. The Morgan fingerprint density at radius 3 is 1.88 bits per heavy atom. The van der Waals surface area contributed by atoms with Gasteiger partial charge in [-0.05, 0) is 54.1 Å². The van der Waals surface area contributed by atoms with Crippen LogP contribution in [-0.4, -0.2) is 9.97 Å². The minimum Gasteiger partial charge on any atom is -0.248 e. The first-order chi connectivity index (χ1) is 16.7. The van der Waals surface area contributed by atoms with E-state index in [0.29, 0.717) is 10.0 Å². The SMILES string of the molecule is Clc1ccc2nc(-c3ccccc3)c(-c3cc(-c4ccccc4)nc4ccc(Cl)cc34)cc2c1. The van der Waals surface area contributed by atoms with Gasteiger partial charge in [0.1, 0.15) is 0 Å². The lowest BCUT2D eigenvalue weighted by molar-refractivity contribution is 1.38. The molecule has 0 radical (unpaired) electrons. The molecule has 0 bridgehead atoms. The lowest BCUT2D eigenvalue weighted by Crippen LogP contribution is -1.95. The van der Waals surface area contributed by atoms with Gasteiger partial charge >= 0.3 is 0 Å². The maximum Gasteiger partial charge on any atom is 0.0788 e. The monoisotopic (exact) mass is 476 g/mol. The van der Waals surface area contributed by atoms with Crippen LogP contribution in [0, 0.1) is 0 Å². The van der Waals surface area contributed by atoms with Crippen molar-refractivity contribution in [3.05, 3.63) is 119 Å². The van der Waals surface area contributed by atoms with Crippen molar-refractivity contribution in [1.82, 2.24) is 9.97 Å². The summed E-state index contributed by atoms with van der Waals surface area (Å²) >= 11 is 12.8. The summed E-state index contributed by atoms with van der Waals surface area (Å²) in [5.41, 5.74) is 7.71. The first kappa shape index (κ1) is 20.9. The lowest BCUT2D eigenvalue weighted by atomic mass is 9.93. The van der Waals surface area contributed by atoms with E-state index in [2.05, 4.69) is 36.4 Å². The quantitative estimate of drug-likeness (QED) is 0.254. The summed E-state index contributed by atoms with van der Waals surface area (Å²) in [7, 11) is 0. The molecule has 0 saturated carbocycles. The summed E-state index contributed by atoms with van der Waals surface area (Å²) in [5.74, 6) is 0. The van der Waals surface area contributed by atoms with Crippen LogP contribution in [0.15, 0.2) is 109 Å². The smallest absolute Gasteiger partial charge is 0.0788 e. The molecule has 34 heavy (non-hydrogen) atoms. The van der Waals surface area contributed by atoms with Gasteiger partial charge in [0.15, 0.2) is 0 Å². The van der Waals surface area contributed by atoms with Gasteiger partial charge in [-0.1, -0.05) is 83.9 Å². The second kappa shape index (κ2) is 8.57. The second-order valence-corrected chi connectivity index (χ2v) is 9.04. The zero-order valence-corrected chi connectivity index (χ0v) is 19.6. The van der Waals surface area contributed by atoms with Crippen molar-refractivity contribution in [2.45, 2.75) is 0 Å². The van der Waals surface area contributed by atoms with E-state index in [9.17, 15) is 0 Å². The minimum atomic E-state index is 0.668. The summed E-state index contributed by atoms with van der Waals surface area (Å²) < 4.78 is 0. The van der Waals surface area contributed by atoms with E-state index >= 15 is 0 Å². The highest BCUT2D eigenvalue weighted by Crippen LogP contribution is 2.39. The number of pyridine rings is 2. The molecular weight excluding hydrogens is 459 g/mol. The summed E-state index contributed by atoms with van der Waals surface area (Å²) in [6.07, 6.45) is 0. The molecule has 2 aromatic heterocycles. The number of halogens is 2. The molecule has 0 fully saturated rings. The Balaban J connectivity index is 1.73. The molecule has 0 atom stereocenters. The molecule has 0 spiro atoms. The van der Waals surface area contributed by atoms with Gasteiger partial charge < -0.3 is 0 Å². The third kappa shape index (κ3) is 3.81. The Labute approximate surface area is 207 Å². The van der Waals surface area contributed by atoms with Gasteiger partial charge in [0.05, 0.1) is 22.4 Å². The molecule has 4 heteroatoms. The average molecular weight is 477 g/mol. The standard InChI is InChI=1S/C30H18Cl2N2/c31-22-11-13-27-21(15-22)16-26(30(34-27)20-9-5-2-6-10-20)24-18-29(19-7-3-1-4-8-19)33-28-14-12-23(32)17-25(24)28/h1-18H. The van der Waals surface area contributed by atoms with Crippen LogP contribution in [0.4, 0.5) is 0 Å². The molecule has 6 rings (SSSR count). The Kier molecular flexibility index (Phi) is 5.26. The van der Waals surface area contributed by atoms with Crippen LogP contribution in [0.3, 0.4) is 0 Å². The maximum atomic E-state index is 6.45. The van der Waals surface area contributed by atoms with Crippen LogP contribution in [-0.2, 0) is 0 Å². The van der Waals surface area contributed by atoms with Gasteiger partial charge in [-0.2, -0.15) is 0 Å². The van der Waals surface area contributed by atoms with Crippen LogP contribution in [0.25, 0.3) is 55.4 Å². The highest BCUT2D eigenvalue weighted by Gasteiger charge is 2.17. The van der Waals surface area contributed by atoms with Gasteiger partial charge in [0.2, 0.25) is 0 Å². The largest absolute Gasteiger partial charge is 0.248 e. The predicted molar refractivity (Wildman–Crippen MR) is 143 cm³/mol. The lowest BCUT2D eigenvalue weighted by Gasteiger charge is -2.15. The van der Waals surface area contributed by atoms with Crippen LogP contribution >= 0.6 is 23.2 Å². The fourth-order valence-corrected chi connectivity index (χ4v) is 4.70. The van der Waals surface area contributed by atoms with Crippen LogP contribution in [0.2, 0.25) is 10.0 Å². The highest BCUT2D eigenvalue weighted by atomic mass is 35.5. The summed E-state index contributed by atoms with van der Waals surface area (Å²) in [6, 6.07) is 36.4. The summed E-state index contributed by atoms with van der Waals surface area (Å²) in [4.78, 5) is 10.0. The van der Waals surface area contributed by atoms with Crippen molar-refractivity contribution < 1.29 is 0 Å². The Hall–Kier alpha value is -3.72. The van der Waals surface area contributed by atoms with E-state index in [4.69, 9.17) is 33.2 Å². The maximum absolute atomic E-state index is 6.45. The number of fused-ring (bicyclic) bond motifs is 2.